The maximum absolute atomic E-state index is 13.4. The lowest BCUT2D eigenvalue weighted by molar-refractivity contribution is -0.144. The molecule has 1 heterocycles. The van der Waals surface area contributed by atoms with Crippen LogP contribution in [0.4, 0.5) is 9.18 Å². The summed E-state index contributed by atoms with van der Waals surface area (Å²) in [6, 6.07) is 6.00. The first-order valence-electron chi connectivity index (χ1n) is 7.63. The van der Waals surface area contributed by atoms with E-state index < -0.39 is 23.6 Å². The minimum absolute atomic E-state index is 0.0609. The highest BCUT2D eigenvalue weighted by molar-refractivity contribution is 5.74. The summed E-state index contributed by atoms with van der Waals surface area (Å²) in [5.41, 5.74) is 0.0242. The topological polar surface area (TPSA) is 66.8 Å². The van der Waals surface area contributed by atoms with Gasteiger partial charge in [-0.05, 0) is 44.9 Å². The van der Waals surface area contributed by atoms with Gasteiger partial charge in [0, 0.05) is 19.0 Å². The molecule has 1 aliphatic heterocycles. The van der Waals surface area contributed by atoms with Crippen molar-refractivity contribution < 1.29 is 23.8 Å². The van der Waals surface area contributed by atoms with Crippen LogP contribution in [-0.4, -0.2) is 40.8 Å². The number of nitrogens with zero attached hydrogens (tertiary/aromatic N) is 1. The second-order valence-electron chi connectivity index (χ2n) is 6.82. The highest BCUT2D eigenvalue weighted by Gasteiger charge is 2.38. The van der Waals surface area contributed by atoms with Crippen LogP contribution in [0.15, 0.2) is 24.3 Å². The third-order valence-electron chi connectivity index (χ3n) is 3.86. The molecule has 0 aliphatic carbocycles. The summed E-state index contributed by atoms with van der Waals surface area (Å²) in [4.78, 5) is 25.2. The van der Waals surface area contributed by atoms with Crippen molar-refractivity contribution in [2.75, 3.05) is 13.1 Å². The Kier molecular flexibility index (Phi) is 4.92. The zero-order valence-electron chi connectivity index (χ0n) is 13.6. The first-order chi connectivity index (χ1) is 10.7. The van der Waals surface area contributed by atoms with Gasteiger partial charge in [0.25, 0.3) is 0 Å². The van der Waals surface area contributed by atoms with Crippen molar-refractivity contribution in [2.45, 2.75) is 38.7 Å². The molecule has 1 aromatic carbocycles. The second-order valence-corrected chi connectivity index (χ2v) is 6.82. The van der Waals surface area contributed by atoms with Crippen molar-refractivity contribution in [3.63, 3.8) is 0 Å². The van der Waals surface area contributed by atoms with Crippen LogP contribution in [0.25, 0.3) is 0 Å². The number of carbonyl (C=O) groups is 2. The lowest BCUT2D eigenvalue weighted by Gasteiger charge is -2.37. The van der Waals surface area contributed by atoms with Gasteiger partial charge in [0.2, 0.25) is 0 Å². The summed E-state index contributed by atoms with van der Waals surface area (Å²) in [5.74, 6) is -2.48. The van der Waals surface area contributed by atoms with Crippen LogP contribution in [-0.2, 0) is 9.53 Å². The van der Waals surface area contributed by atoms with Crippen LogP contribution in [0, 0.1) is 11.7 Å². The number of hydrogen-bond donors (Lipinski definition) is 1. The van der Waals surface area contributed by atoms with Crippen LogP contribution in [0.1, 0.15) is 38.7 Å². The molecule has 1 aliphatic rings. The molecule has 5 nitrogen and oxygen atoms in total. The largest absolute Gasteiger partial charge is 0.481 e. The Bertz CT molecular complexity index is 597. The molecule has 2 atom stereocenters. The molecule has 1 saturated heterocycles. The summed E-state index contributed by atoms with van der Waals surface area (Å²) >= 11 is 0. The number of benzene rings is 1. The van der Waals surface area contributed by atoms with Crippen molar-refractivity contribution in [2.24, 2.45) is 5.92 Å². The van der Waals surface area contributed by atoms with Crippen molar-refractivity contribution in [3.8, 4) is 0 Å². The lowest BCUT2D eigenvalue weighted by Crippen LogP contribution is -2.47. The number of carboxylic acids is 1. The molecule has 0 aromatic heterocycles. The Labute approximate surface area is 135 Å². The van der Waals surface area contributed by atoms with Crippen LogP contribution >= 0.6 is 0 Å². The summed E-state index contributed by atoms with van der Waals surface area (Å²) in [5, 5.41) is 9.50. The van der Waals surface area contributed by atoms with E-state index >= 15 is 0 Å². The number of rotatable bonds is 2. The standard InChI is InChI=1S/C17H22FNO4/c1-17(2,3)23-16(22)19-8-7-13(14(10-19)15(20)21)11-5-4-6-12(18)9-11/h4-6,9,13-14H,7-8,10H2,1-3H3,(H,20,21)/t13-,14-/m0/s1. The van der Waals surface area contributed by atoms with E-state index in [1.54, 1.807) is 32.9 Å². The molecular formula is C17H22FNO4. The van der Waals surface area contributed by atoms with E-state index in [4.69, 9.17) is 4.74 Å². The van der Waals surface area contributed by atoms with Crippen LogP contribution < -0.4 is 0 Å². The Balaban J connectivity index is 2.15. The normalized spacial score (nSPS) is 21.8. The van der Waals surface area contributed by atoms with Gasteiger partial charge < -0.3 is 14.7 Å². The highest BCUT2D eigenvalue weighted by Crippen LogP contribution is 2.34. The number of hydrogen-bond acceptors (Lipinski definition) is 3. The zero-order valence-corrected chi connectivity index (χ0v) is 13.6. The first kappa shape index (κ1) is 17.2. The van der Waals surface area contributed by atoms with Gasteiger partial charge >= 0.3 is 12.1 Å². The fourth-order valence-corrected chi connectivity index (χ4v) is 2.83. The molecule has 1 aromatic rings. The molecule has 1 fully saturated rings. The summed E-state index contributed by atoms with van der Waals surface area (Å²) in [6.07, 6.45) is -0.0546. The number of likely N-dealkylation sites (tertiary alicyclic amines) is 1. The van der Waals surface area contributed by atoms with E-state index in [0.717, 1.165) is 0 Å². The predicted molar refractivity (Wildman–Crippen MR) is 82.7 cm³/mol. The number of carbonyl (C=O) groups excluding carboxylic acids is 1. The van der Waals surface area contributed by atoms with E-state index in [1.807, 2.05) is 0 Å². The van der Waals surface area contributed by atoms with Crippen molar-refractivity contribution in [1.29, 1.82) is 0 Å². The van der Waals surface area contributed by atoms with Crippen LogP contribution in [0.5, 0.6) is 0 Å². The van der Waals surface area contributed by atoms with E-state index in [1.165, 1.54) is 17.0 Å². The fraction of sp³-hybridized carbons (Fsp3) is 0.529. The lowest BCUT2D eigenvalue weighted by atomic mass is 9.80. The molecule has 0 bridgehead atoms. The Morgan fingerprint density at radius 2 is 2.04 bits per heavy atom. The zero-order chi connectivity index (χ0) is 17.2. The third kappa shape index (κ3) is 4.43. The van der Waals surface area contributed by atoms with E-state index in [2.05, 4.69) is 0 Å². The molecule has 0 saturated carbocycles. The highest BCUT2D eigenvalue weighted by atomic mass is 19.1. The monoisotopic (exact) mass is 323 g/mol. The number of halogens is 1. The first-order valence-corrected chi connectivity index (χ1v) is 7.63. The van der Waals surface area contributed by atoms with E-state index in [0.29, 0.717) is 18.5 Å². The average Bonchev–Trinajstić information content (AvgIpc) is 2.44. The van der Waals surface area contributed by atoms with Crippen LogP contribution in [0.2, 0.25) is 0 Å². The van der Waals surface area contributed by atoms with Gasteiger partial charge in [-0.2, -0.15) is 0 Å². The number of carboxylic acid groups (broad SMARTS) is 1. The van der Waals surface area contributed by atoms with Gasteiger partial charge in [-0.15, -0.1) is 0 Å². The van der Waals surface area contributed by atoms with E-state index in [-0.39, 0.29) is 18.3 Å². The third-order valence-corrected chi connectivity index (χ3v) is 3.86. The van der Waals surface area contributed by atoms with Crippen molar-refractivity contribution in [3.05, 3.63) is 35.6 Å². The van der Waals surface area contributed by atoms with Gasteiger partial charge in [-0.25, -0.2) is 9.18 Å². The molecule has 23 heavy (non-hydrogen) atoms. The van der Waals surface area contributed by atoms with E-state index in [9.17, 15) is 19.1 Å². The maximum Gasteiger partial charge on any atom is 0.410 e. The van der Waals surface area contributed by atoms with Crippen molar-refractivity contribution in [1.82, 2.24) is 4.90 Å². The molecule has 1 amide bonds. The number of amides is 1. The fourth-order valence-electron chi connectivity index (χ4n) is 2.83. The van der Waals surface area contributed by atoms with Crippen molar-refractivity contribution >= 4 is 12.1 Å². The van der Waals surface area contributed by atoms with Gasteiger partial charge in [0.15, 0.2) is 0 Å². The molecule has 1 N–H and O–H groups in total. The molecule has 0 spiro atoms. The van der Waals surface area contributed by atoms with Crippen LogP contribution in [0.3, 0.4) is 0 Å². The Morgan fingerprint density at radius 1 is 1.35 bits per heavy atom. The smallest absolute Gasteiger partial charge is 0.410 e. The second kappa shape index (κ2) is 6.56. The number of ether oxygens (including phenoxy) is 1. The number of piperidine rings is 1. The maximum atomic E-state index is 13.4. The SMILES string of the molecule is CC(C)(C)OC(=O)N1CC[C@@H](c2cccc(F)c2)[C@@H](C(=O)O)C1. The quantitative estimate of drug-likeness (QED) is 0.907. The molecule has 6 heteroatoms. The van der Waals surface area contributed by atoms with Gasteiger partial charge in [0.1, 0.15) is 11.4 Å². The minimum Gasteiger partial charge on any atom is -0.481 e. The molecule has 0 unspecified atom stereocenters. The summed E-state index contributed by atoms with van der Waals surface area (Å²) in [7, 11) is 0. The molecule has 0 radical (unpaired) electrons. The molecular weight excluding hydrogens is 301 g/mol. The molecule has 126 valence electrons. The van der Waals surface area contributed by atoms with Gasteiger partial charge in [-0.3, -0.25) is 4.79 Å². The van der Waals surface area contributed by atoms with Gasteiger partial charge in [-0.1, -0.05) is 12.1 Å². The molecule has 2 rings (SSSR count). The average molecular weight is 323 g/mol. The number of aliphatic carboxylic acids is 1. The Hall–Kier alpha value is -2.11. The summed E-state index contributed by atoms with van der Waals surface area (Å²) < 4.78 is 18.7. The summed E-state index contributed by atoms with van der Waals surface area (Å²) in [6.45, 7) is 5.74. The Morgan fingerprint density at radius 3 is 2.61 bits per heavy atom. The minimum atomic E-state index is -0.993. The van der Waals surface area contributed by atoms with Gasteiger partial charge in [0.05, 0.1) is 5.92 Å². The predicted octanol–water partition coefficient (Wildman–Crippen LogP) is 3.25.